The van der Waals surface area contributed by atoms with E-state index >= 15 is 0 Å². The van der Waals surface area contributed by atoms with E-state index in [1.807, 2.05) is 30.3 Å². The molecule has 0 bridgehead atoms. The molecule has 2 aromatic carbocycles. The highest BCUT2D eigenvalue weighted by Crippen LogP contribution is 2.27. The third-order valence-corrected chi connectivity index (χ3v) is 2.94. The maximum atomic E-state index is 13.5. The van der Waals surface area contributed by atoms with Gasteiger partial charge in [0.1, 0.15) is 11.6 Å². The Kier molecular flexibility index (Phi) is 3.75. The smallest absolute Gasteiger partial charge is 0.128 e. The summed E-state index contributed by atoms with van der Waals surface area (Å²) < 4.78 is 26.5. The van der Waals surface area contributed by atoms with Crippen molar-refractivity contribution in [3.63, 3.8) is 0 Å². The van der Waals surface area contributed by atoms with Gasteiger partial charge in [0.2, 0.25) is 0 Å². The molecule has 0 saturated carbocycles. The van der Waals surface area contributed by atoms with Gasteiger partial charge in [-0.2, -0.15) is 0 Å². The number of hydrogen-bond acceptors (Lipinski definition) is 0. The first-order valence-electron chi connectivity index (χ1n) is 5.30. The minimum absolute atomic E-state index is 0.204. The molecule has 0 aliphatic heterocycles. The Bertz CT molecular complexity index is 497. The fourth-order valence-electron chi connectivity index (χ4n) is 1.69. The first-order chi connectivity index (χ1) is 8.16. The highest BCUT2D eigenvalue weighted by atomic mass is 35.5. The van der Waals surface area contributed by atoms with Crippen LogP contribution in [-0.4, -0.2) is 0 Å². The molecule has 0 aliphatic rings. The Morgan fingerprint density at radius 2 is 1.71 bits per heavy atom. The van der Waals surface area contributed by atoms with E-state index in [0.29, 0.717) is 6.42 Å². The Hall–Kier alpha value is -1.41. The number of hydrogen-bond donors (Lipinski definition) is 0. The van der Waals surface area contributed by atoms with E-state index in [1.165, 1.54) is 0 Å². The number of halogens is 3. The molecule has 0 radical (unpaired) electrons. The SMILES string of the molecule is Fc1ccc(F)c(C(Cl)Cc2ccccc2)c1. The van der Waals surface area contributed by atoms with Crippen molar-refractivity contribution in [2.24, 2.45) is 0 Å². The van der Waals surface area contributed by atoms with Crippen molar-refractivity contribution >= 4 is 11.6 Å². The van der Waals surface area contributed by atoms with E-state index in [-0.39, 0.29) is 5.56 Å². The summed E-state index contributed by atoms with van der Waals surface area (Å²) in [5, 5.41) is -0.562. The molecule has 17 heavy (non-hydrogen) atoms. The molecule has 0 fully saturated rings. The highest BCUT2D eigenvalue weighted by Gasteiger charge is 2.14. The van der Waals surface area contributed by atoms with E-state index in [1.54, 1.807) is 0 Å². The van der Waals surface area contributed by atoms with Crippen molar-refractivity contribution in [3.8, 4) is 0 Å². The zero-order valence-corrected chi connectivity index (χ0v) is 9.79. The van der Waals surface area contributed by atoms with E-state index in [4.69, 9.17) is 11.6 Å². The Balaban J connectivity index is 2.20. The van der Waals surface area contributed by atoms with Crippen LogP contribution in [0.3, 0.4) is 0 Å². The molecule has 0 N–H and O–H groups in total. The van der Waals surface area contributed by atoms with Gasteiger partial charge in [0, 0.05) is 5.56 Å². The average Bonchev–Trinajstić information content (AvgIpc) is 2.33. The van der Waals surface area contributed by atoms with Gasteiger partial charge in [0.25, 0.3) is 0 Å². The van der Waals surface area contributed by atoms with Crippen molar-refractivity contribution in [1.29, 1.82) is 0 Å². The van der Waals surface area contributed by atoms with E-state index < -0.39 is 17.0 Å². The van der Waals surface area contributed by atoms with Crippen LogP contribution in [0.2, 0.25) is 0 Å². The van der Waals surface area contributed by atoms with Gasteiger partial charge in [0.05, 0.1) is 5.38 Å². The lowest BCUT2D eigenvalue weighted by molar-refractivity contribution is 0.582. The molecule has 0 heterocycles. The second-order valence-corrected chi connectivity index (χ2v) is 4.35. The lowest BCUT2D eigenvalue weighted by Crippen LogP contribution is -1.99. The van der Waals surface area contributed by atoms with Crippen molar-refractivity contribution in [2.45, 2.75) is 11.8 Å². The van der Waals surface area contributed by atoms with Crippen LogP contribution in [0.1, 0.15) is 16.5 Å². The number of benzene rings is 2. The second kappa shape index (κ2) is 5.28. The number of rotatable bonds is 3. The molecule has 0 aromatic heterocycles. The summed E-state index contributed by atoms with van der Waals surface area (Å²) in [5.41, 5.74) is 1.20. The maximum Gasteiger partial charge on any atom is 0.128 e. The van der Waals surface area contributed by atoms with Gasteiger partial charge in [-0.1, -0.05) is 30.3 Å². The summed E-state index contributed by atoms with van der Waals surface area (Å²) in [6.07, 6.45) is 0.475. The van der Waals surface area contributed by atoms with Crippen LogP contribution >= 0.6 is 11.6 Å². The quantitative estimate of drug-likeness (QED) is 0.706. The molecule has 0 nitrogen and oxygen atoms in total. The van der Waals surface area contributed by atoms with Gasteiger partial charge in [-0.05, 0) is 30.2 Å². The minimum atomic E-state index is -0.562. The fourth-order valence-corrected chi connectivity index (χ4v) is 2.03. The van der Waals surface area contributed by atoms with Crippen LogP contribution in [0.25, 0.3) is 0 Å². The first kappa shape index (κ1) is 12.1. The minimum Gasteiger partial charge on any atom is -0.207 e. The zero-order chi connectivity index (χ0) is 12.3. The summed E-state index contributed by atoms with van der Waals surface area (Å²) in [6.45, 7) is 0. The first-order valence-corrected chi connectivity index (χ1v) is 5.73. The van der Waals surface area contributed by atoms with Crippen LogP contribution in [0, 0.1) is 11.6 Å². The molecule has 0 saturated heterocycles. The van der Waals surface area contributed by atoms with E-state index in [9.17, 15) is 8.78 Å². The average molecular weight is 253 g/mol. The van der Waals surface area contributed by atoms with Crippen LogP contribution in [0.15, 0.2) is 48.5 Å². The van der Waals surface area contributed by atoms with Gasteiger partial charge in [-0.25, -0.2) is 8.78 Å². The topological polar surface area (TPSA) is 0 Å². The van der Waals surface area contributed by atoms with Crippen molar-refractivity contribution in [3.05, 3.63) is 71.3 Å². The number of alkyl halides is 1. The predicted molar refractivity (Wildman–Crippen MR) is 65.1 cm³/mol. The summed E-state index contributed by atoms with van der Waals surface area (Å²) >= 11 is 6.11. The van der Waals surface area contributed by atoms with E-state index in [0.717, 1.165) is 23.8 Å². The second-order valence-electron chi connectivity index (χ2n) is 3.82. The Morgan fingerprint density at radius 3 is 2.41 bits per heavy atom. The van der Waals surface area contributed by atoms with Gasteiger partial charge in [0.15, 0.2) is 0 Å². The fraction of sp³-hybridized carbons (Fsp3) is 0.143. The normalized spacial score (nSPS) is 12.4. The zero-order valence-electron chi connectivity index (χ0n) is 9.04. The summed E-state index contributed by atoms with van der Waals surface area (Å²) in [6, 6.07) is 12.8. The van der Waals surface area contributed by atoms with Crippen molar-refractivity contribution in [1.82, 2.24) is 0 Å². The summed E-state index contributed by atoms with van der Waals surface area (Å²) in [7, 11) is 0. The van der Waals surface area contributed by atoms with Gasteiger partial charge >= 0.3 is 0 Å². The molecule has 88 valence electrons. The molecular weight excluding hydrogens is 242 g/mol. The monoisotopic (exact) mass is 252 g/mol. The molecule has 1 unspecified atom stereocenters. The maximum absolute atomic E-state index is 13.5. The van der Waals surface area contributed by atoms with Crippen LogP contribution < -0.4 is 0 Å². The molecule has 2 aromatic rings. The van der Waals surface area contributed by atoms with E-state index in [2.05, 4.69) is 0 Å². The Labute approximate surface area is 104 Å². The largest absolute Gasteiger partial charge is 0.207 e. The molecule has 0 aliphatic carbocycles. The van der Waals surface area contributed by atoms with Crippen LogP contribution in [-0.2, 0) is 6.42 Å². The standard InChI is InChI=1S/C14H11ClF2/c15-13(8-10-4-2-1-3-5-10)12-9-11(16)6-7-14(12)17/h1-7,9,13H,8H2. The molecule has 0 spiro atoms. The van der Waals surface area contributed by atoms with Crippen LogP contribution in [0.5, 0.6) is 0 Å². The molecule has 2 rings (SSSR count). The predicted octanol–water partition coefficient (Wildman–Crippen LogP) is 4.49. The third-order valence-electron chi connectivity index (χ3n) is 2.55. The van der Waals surface area contributed by atoms with Gasteiger partial charge in [-0.15, -0.1) is 11.6 Å². The van der Waals surface area contributed by atoms with Crippen molar-refractivity contribution < 1.29 is 8.78 Å². The molecular formula is C14H11ClF2. The third kappa shape index (κ3) is 3.04. The van der Waals surface area contributed by atoms with Crippen molar-refractivity contribution in [2.75, 3.05) is 0 Å². The lowest BCUT2D eigenvalue weighted by atomic mass is 10.0. The summed E-state index contributed by atoms with van der Waals surface area (Å²) in [5.74, 6) is -0.942. The van der Waals surface area contributed by atoms with Crippen LogP contribution in [0.4, 0.5) is 8.78 Å². The van der Waals surface area contributed by atoms with Gasteiger partial charge in [-0.3, -0.25) is 0 Å². The Morgan fingerprint density at radius 1 is 1.00 bits per heavy atom. The molecule has 1 atom stereocenters. The molecule has 0 amide bonds. The van der Waals surface area contributed by atoms with Gasteiger partial charge < -0.3 is 0 Å². The summed E-state index contributed by atoms with van der Waals surface area (Å²) in [4.78, 5) is 0. The molecule has 3 heteroatoms. The lowest BCUT2D eigenvalue weighted by Gasteiger charge is -2.11. The highest BCUT2D eigenvalue weighted by molar-refractivity contribution is 6.20.